The van der Waals surface area contributed by atoms with Gasteiger partial charge in [-0.2, -0.15) is 0 Å². The number of amides is 3. The summed E-state index contributed by atoms with van der Waals surface area (Å²) in [5, 5.41) is 5.03. The lowest BCUT2D eigenvalue weighted by Crippen LogP contribution is -2.42. The SMILES string of the molecule is C=C(Br)CNC(=O)C(NC(N)=O)c1ccccc1. The molecule has 1 atom stereocenters. The van der Waals surface area contributed by atoms with Gasteiger partial charge < -0.3 is 16.4 Å². The van der Waals surface area contributed by atoms with Gasteiger partial charge >= 0.3 is 6.03 Å². The van der Waals surface area contributed by atoms with Crippen LogP contribution in [0.2, 0.25) is 0 Å². The molecule has 0 fully saturated rings. The lowest BCUT2D eigenvalue weighted by atomic mass is 10.1. The number of halogens is 1. The van der Waals surface area contributed by atoms with E-state index >= 15 is 0 Å². The standard InChI is InChI=1S/C12H14BrN3O2/c1-8(13)7-15-11(17)10(16-12(14)18)9-5-3-2-4-6-9/h2-6,10H,1,7H2,(H,15,17)(H3,14,16,18). The fraction of sp³-hybridized carbons (Fsp3) is 0.167. The summed E-state index contributed by atoms with van der Waals surface area (Å²) in [6.45, 7) is 3.89. The first-order valence-electron chi connectivity index (χ1n) is 5.22. The minimum Gasteiger partial charge on any atom is -0.352 e. The highest BCUT2D eigenvalue weighted by atomic mass is 79.9. The van der Waals surface area contributed by atoms with Crippen LogP contribution in [0, 0.1) is 0 Å². The number of carbonyl (C=O) groups is 2. The molecule has 3 amide bonds. The molecule has 4 N–H and O–H groups in total. The Morgan fingerprint density at radius 3 is 2.44 bits per heavy atom. The maximum absolute atomic E-state index is 11.9. The van der Waals surface area contributed by atoms with E-state index in [1.165, 1.54) is 0 Å². The zero-order valence-electron chi connectivity index (χ0n) is 9.65. The second kappa shape index (κ2) is 6.80. The summed E-state index contributed by atoms with van der Waals surface area (Å²) in [4.78, 5) is 22.9. The maximum atomic E-state index is 11.9. The van der Waals surface area contributed by atoms with Gasteiger partial charge in [0.2, 0.25) is 5.91 Å². The van der Waals surface area contributed by atoms with Crippen molar-refractivity contribution in [1.82, 2.24) is 10.6 Å². The minimum absolute atomic E-state index is 0.280. The zero-order valence-corrected chi connectivity index (χ0v) is 11.2. The predicted octanol–water partition coefficient (Wildman–Crippen LogP) is 1.42. The summed E-state index contributed by atoms with van der Waals surface area (Å²) < 4.78 is 0.640. The zero-order chi connectivity index (χ0) is 13.5. The lowest BCUT2D eigenvalue weighted by molar-refractivity contribution is -0.122. The Kier molecular flexibility index (Phi) is 5.38. The van der Waals surface area contributed by atoms with Gasteiger partial charge in [0, 0.05) is 11.0 Å². The first kappa shape index (κ1) is 14.2. The lowest BCUT2D eigenvalue weighted by Gasteiger charge is -2.17. The van der Waals surface area contributed by atoms with Gasteiger partial charge in [0.15, 0.2) is 0 Å². The van der Waals surface area contributed by atoms with E-state index in [9.17, 15) is 9.59 Å². The van der Waals surface area contributed by atoms with E-state index in [-0.39, 0.29) is 12.5 Å². The van der Waals surface area contributed by atoms with Gasteiger partial charge in [-0.05, 0) is 5.56 Å². The topological polar surface area (TPSA) is 84.2 Å². The number of carbonyl (C=O) groups excluding carboxylic acids is 2. The first-order chi connectivity index (χ1) is 8.50. The molecule has 0 radical (unpaired) electrons. The summed E-state index contributed by atoms with van der Waals surface area (Å²) in [6.07, 6.45) is 0. The number of hydrogen-bond acceptors (Lipinski definition) is 2. The van der Waals surface area contributed by atoms with Crippen LogP contribution >= 0.6 is 15.9 Å². The number of nitrogens with two attached hydrogens (primary N) is 1. The van der Waals surface area contributed by atoms with E-state index < -0.39 is 12.1 Å². The Morgan fingerprint density at radius 2 is 1.94 bits per heavy atom. The van der Waals surface area contributed by atoms with Crippen LogP contribution in [0.1, 0.15) is 11.6 Å². The van der Waals surface area contributed by atoms with Crippen molar-refractivity contribution in [3.05, 3.63) is 47.0 Å². The normalized spacial score (nSPS) is 11.4. The summed E-state index contributed by atoms with van der Waals surface area (Å²) in [7, 11) is 0. The average Bonchev–Trinajstić information content (AvgIpc) is 2.34. The van der Waals surface area contributed by atoms with Crippen molar-refractivity contribution in [2.24, 2.45) is 5.73 Å². The number of nitrogens with one attached hydrogen (secondary N) is 2. The molecule has 0 aliphatic rings. The van der Waals surface area contributed by atoms with E-state index in [1.807, 2.05) is 6.07 Å². The molecule has 0 aromatic heterocycles. The van der Waals surface area contributed by atoms with Crippen molar-refractivity contribution in [3.63, 3.8) is 0 Å². The van der Waals surface area contributed by atoms with Crippen LogP contribution in [0.3, 0.4) is 0 Å². The van der Waals surface area contributed by atoms with E-state index in [0.717, 1.165) is 0 Å². The molecular formula is C12H14BrN3O2. The largest absolute Gasteiger partial charge is 0.352 e. The molecule has 0 heterocycles. The van der Waals surface area contributed by atoms with Crippen molar-refractivity contribution in [1.29, 1.82) is 0 Å². The molecule has 1 aromatic carbocycles. The number of hydrogen-bond donors (Lipinski definition) is 3. The van der Waals surface area contributed by atoms with Gasteiger partial charge in [-0.25, -0.2) is 4.79 Å². The van der Waals surface area contributed by atoms with E-state index in [2.05, 4.69) is 33.1 Å². The molecule has 1 unspecified atom stereocenters. The summed E-state index contributed by atoms with van der Waals surface area (Å²) >= 11 is 3.14. The van der Waals surface area contributed by atoms with Crippen LogP contribution in [-0.2, 0) is 4.79 Å². The number of primary amides is 1. The van der Waals surface area contributed by atoms with Crippen LogP contribution in [-0.4, -0.2) is 18.5 Å². The highest BCUT2D eigenvalue weighted by Gasteiger charge is 2.21. The van der Waals surface area contributed by atoms with Crippen LogP contribution < -0.4 is 16.4 Å². The van der Waals surface area contributed by atoms with Crippen LogP contribution in [0.4, 0.5) is 4.79 Å². The molecule has 0 spiro atoms. The van der Waals surface area contributed by atoms with Gasteiger partial charge in [-0.1, -0.05) is 52.8 Å². The summed E-state index contributed by atoms with van der Waals surface area (Å²) in [5.74, 6) is -0.347. The number of urea groups is 1. The smallest absolute Gasteiger partial charge is 0.313 e. The summed E-state index contributed by atoms with van der Waals surface area (Å²) in [5.41, 5.74) is 5.73. The fourth-order valence-corrected chi connectivity index (χ4v) is 1.51. The Balaban J connectivity index is 2.81. The van der Waals surface area contributed by atoms with Crippen LogP contribution in [0.5, 0.6) is 0 Å². The van der Waals surface area contributed by atoms with Gasteiger partial charge in [0.05, 0.1) is 0 Å². The van der Waals surface area contributed by atoms with Crippen LogP contribution in [0.25, 0.3) is 0 Å². The van der Waals surface area contributed by atoms with Crippen molar-refractivity contribution < 1.29 is 9.59 Å². The van der Waals surface area contributed by atoms with Crippen molar-refractivity contribution in [2.75, 3.05) is 6.54 Å². The Labute approximate surface area is 114 Å². The van der Waals surface area contributed by atoms with Crippen molar-refractivity contribution in [2.45, 2.75) is 6.04 Å². The second-order valence-corrected chi connectivity index (χ2v) is 4.71. The Hall–Kier alpha value is -1.82. The molecule has 0 aliphatic carbocycles. The van der Waals surface area contributed by atoms with Gasteiger partial charge in [-0.15, -0.1) is 0 Å². The molecule has 0 saturated carbocycles. The number of benzene rings is 1. The molecule has 1 rings (SSSR count). The maximum Gasteiger partial charge on any atom is 0.313 e. The minimum atomic E-state index is -0.810. The van der Waals surface area contributed by atoms with Crippen molar-refractivity contribution >= 4 is 27.9 Å². The molecule has 0 bridgehead atoms. The Bertz CT molecular complexity index is 448. The van der Waals surface area contributed by atoms with E-state index in [1.54, 1.807) is 24.3 Å². The molecule has 1 aromatic rings. The average molecular weight is 312 g/mol. The van der Waals surface area contributed by atoms with E-state index in [0.29, 0.717) is 10.0 Å². The molecular weight excluding hydrogens is 298 g/mol. The fourth-order valence-electron chi connectivity index (χ4n) is 1.37. The third-order valence-electron chi connectivity index (χ3n) is 2.14. The van der Waals surface area contributed by atoms with Gasteiger partial charge in [0.25, 0.3) is 0 Å². The molecule has 0 saturated heterocycles. The predicted molar refractivity (Wildman–Crippen MR) is 73.0 cm³/mol. The summed E-state index contributed by atoms with van der Waals surface area (Å²) in [6, 6.07) is 7.30. The van der Waals surface area contributed by atoms with Crippen LogP contribution in [0.15, 0.2) is 41.4 Å². The third kappa shape index (κ3) is 4.58. The van der Waals surface area contributed by atoms with Crippen molar-refractivity contribution in [3.8, 4) is 0 Å². The molecule has 6 heteroatoms. The highest BCUT2D eigenvalue weighted by Crippen LogP contribution is 2.12. The highest BCUT2D eigenvalue weighted by molar-refractivity contribution is 9.11. The molecule has 18 heavy (non-hydrogen) atoms. The van der Waals surface area contributed by atoms with Gasteiger partial charge in [0.1, 0.15) is 6.04 Å². The Morgan fingerprint density at radius 1 is 1.33 bits per heavy atom. The van der Waals surface area contributed by atoms with Gasteiger partial charge in [-0.3, -0.25) is 4.79 Å². The monoisotopic (exact) mass is 311 g/mol. The molecule has 0 aliphatic heterocycles. The third-order valence-corrected chi connectivity index (χ3v) is 2.42. The second-order valence-electron chi connectivity index (χ2n) is 3.59. The van der Waals surface area contributed by atoms with E-state index in [4.69, 9.17) is 5.73 Å². The molecule has 5 nitrogen and oxygen atoms in total. The first-order valence-corrected chi connectivity index (χ1v) is 6.02. The molecule has 96 valence electrons. The number of rotatable bonds is 5. The quantitative estimate of drug-likeness (QED) is 0.768.